The number of carbonyl (C=O) groups excluding carboxylic acids is 2. The van der Waals surface area contributed by atoms with Crippen LogP contribution in [0.2, 0.25) is 0 Å². The van der Waals surface area contributed by atoms with E-state index >= 15 is 0 Å². The molecule has 0 spiro atoms. The summed E-state index contributed by atoms with van der Waals surface area (Å²) in [5.74, 6) is -0.119. The normalized spacial score (nSPS) is 16.1. The molecule has 1 atom stereocenters. The second-order valence-electron chi connectivity index (χ2n) is 6.75. The molecule has 0 radical (unpaired) electrons. The number of anilines is 2. The molecule has 2 aromatic carbocycles. The Bertz CT molecular complexity index is 1000. The van der Waals surface area contributed by atoms with E-state index in [4.69, 9.17) is 4.52 Å². The minimum absolute atomic E-state index is 0.156. The van der Waals surface area contributed by atoms with Crippen LogP contribution in [0.5, 0.6) is 0 Å². The number of nitrogens with zero attached hydrogens (tertiary/aromatic N) is 2. The van der Waals surface area contributed by atoms with Crippen molar-refractivity contribution in [2.45, 2.75) is 12.5 Å². The molecule has 4 rings (SSSR count). The highest BCUT2D eigenvalue weighted by molar-refractivity contribution is 6.03. The summed E-state index contributed by atoms with van der Waals surface area (Å²) in [6.45, 7) is 0.351. The van der Waals surface area contributed by atoms with E-state index in [9.17, 15) is 9.59 Å². The van der Waals surface area contributed by atoms with Gasteiger partial charge in [-0.05, 0) is 17.7 Å². The molecule has 1 aliphatic heterocycles. The summed E-state index contributed by atoms with van der Waals surface area (Å²) < 4.78 is 5.28. The van der Waals surface area contributed by atoms with Gasteiger partial charge in [-0.2, -0.15) is 0 Å². The largest absolute Gasteiger partial charge is 0.370 e. The SMILES string of the molecule is CN1CC(NC(=O)c2cc(Cc3ccccc3)on2)C(=O)Nc2ccccc21. The quantitative estimate of drug-likeness (QED) is 0.730. The molecule has 2 amide bonds. The number of likely N-dealkylation sites (N-methyl/N-ethyl adjacent to an activating group) is 1. The highest BCUT2D eigenvalue weighted by atomic mass is 16.5. The predicted octanol–water partition coefficient (Wildman–Crippen LogP) is 2.45. The van der Waals surface area contributed by atoms with Crippen molar-refractivity contribution in [1.82, 2.24) is 10.5 Å². The van der Waals surface area contributed by atoms with Gasteiger partial charge in [0.25, 0.3) is 5.91 Å². The van der Waals surface area contributed by atoms with Crippen LogP contribution in [0.15, 0.2) is 65.2 Å². The van der Waals surface area contributed by atoms with Crippen LogP contribution >= 0.6 is 0 Å². The third-order valence-electron chi connectivity index (χ3n) is 4.66. The highest BCUT2D eigenvalue weighted by Gasteiger charge is 2.28. The van der Waals surface area contributed by atoms with Crippen molar-refractivity contribution in [3.63, 3.8) is 0 Å². The van der Waals surface area contributed by atoms with Gasteiger partial charge in [0.05, 0.1) is 11.4 Å². The molecule has 7 nitrogen and oxygen atoms in total. The topological polar surface area (TPSA) is 87.5 Å². The third kappa shape index (κ3) is 3.73. The number of aromatic nitrogens is 1. The number of rotatable bonds is 4. The van der Waals surface area contributed by atoms with Crippen molar-refractivity contribution in [3.05, 3.63) is 77.7 Å². The Morgan fingerprint density at radius 2 is 1.96 bits per heavy atom. The van der Waals surface area contributed by atoms with Crippen LogP contribution in [0.1, 0.15) is 21.8 Å². The highest BCUT2D eigenvalue weighted by Crippen LogP contribution is 2.27. The Balaban J connectivity index is 1.44. The Kier molecular flexibility index (Phi) is 4.80. The molecule has 2 heterocycles. The second kappa shape index (κ2) is 7.56. The molecule has 2 N–H and O–H groups in total. The molecular weight excluding hydrogens is 356 g/mol. The smallest absolute Gasteiger partial charge is 0.274 e. The Morgan fingerprint density at radius 1 is 1.21 bits per heavy atom. The minimum atomic E-state index is -0.709. The second-order valence-corrected chi connectivity index (χ2v) is 6.75. The molecule has 0 saturated carbocycles. The number of fused-ring (bicyclic) bond motifs is 1. The van der Waals surface area contributed by atoms with E-state index in [1.54, 1.807) is 6.07 Å². The van der Waals surface area contributed by atoms with Crippen molar-refractivity contribution in [2.24, 2.45) is 0 Å². The van der Waals surface area contributed by atoms with Gasteiger partial charge in [0, 0.05) is 26.1 Å². The number of amides is 2. The fourth-order valence-electron chi connectivity index (χ4n) is 3.23. The van der Waals surface area contributed by atoms with E-state index in [-0.39, 0.29) is 11.6 Å². The molecule has 1 unspecified atom stereocenters. The first kappa shape index (κ1) is 17.8. The van der Waals surface area contributed by atoms with Crippen LogP contribution in [0.4, 0.5) is 11.4 Å². The average Bonchev–Trinajstić information content (AvgIpc) is 3.12. The van der Waals surface area contributed by atoms with E-state index in [0.29, 0.717) is 18.7 Å². The average molecular weight is 376 g/mol. The zero-order valence-corrected chi connectivity index (χ0v) is 15.4. The molecule has 142 valence electrons. The number of hydrogen-bond acceptors (Lipinski definition) is 5. The van der Waals surface area contributed by atoms with Gasteiger partial charge in [-0.3, -0.25) is 9.59 Å². The fourth-order valence-corrected chi connectivity index (χ4v) is 3.23. The summed E-state index contributed by atoms with van der Waals surface area (Å²) in [6.07, 6.45) is 0.545. The maximum absolute atomic E-state index is 12.6. The summed E-state index contributed by atoms with van der Waals surface area (Å²) >= 11 is 0. The van der Waals surface area contributed by atoms with Gasteiger partial charge >= 0.3 is 0 Å². The van der Waals surface area contributed by atoms with Crippen molar-refractivity contribution in [3.8, 4) is 0 Å². The number of benzene rings is 2. The van der Waals surface area contributed by atoms with E-state index in [2.05, 4.69) is 15.8 Å². The first-order valence-electron chi connectivity index (χ1n) is 9.01. The molecule has 7 heteroatoms. The molecule has 0 aliphatic carbocycles. The van der Waals surface area contributed by atoms with Gasteiger partial charge in [0.2, 0.25) is 5.91 Å². The number of nitrogens with one attached hydrogen (secondary N) is 2. The molecule has 1 aliphatic rings. The standard InChI is InChI=1S/C21H20N4O3/c1-25-13-18(21(27)22-16-9-5-6-10-19(16)25)23-20(26)17-12-15(28-24-17)11-14-7-3-2-4-8-14/h2-10,12,18H,11,13H2,1H3,(H,22,27)(H,23,26). The summed E-state index contributed by atoms with van der Waals surface area (Å²) in [5.41, 5.74) is 2.84. The molecule has 28 heavy (non-hydrogen) atoms. The van der Waals surface area contributed by atoms with Crippen LogP contribution in [0.25, 0.3) is 0 Å². The van der Waals surface area contributed by atoms with Gasteiger partial charge in [0.15, 0.2) is 5.69 Å². The van der Waals surface area contributed by atoms with Crippen molar-refractivity contribution < 1.29 is 14.1 Å². The summed E-state index contributed by atoms with van der Waals surface area (Å²) in [6, 6.07) is 18.2. The monoisotopic (exact) mass is 376 g/mol. The lowest BCUT2D eigenvalue weighted by Gasteiger charge is -2.21. The van der Waals surface area contributed by atoms with E-state index in [0.717, 1.165) is 16.9 Å². The van der Waals surface area contributed by atoms with E-state index < -0.39 is 11.9 Å². The van der Waals surface area contributed by atoms with Crippen molar-refractivity contribution in [1.29, 1.82) is 0 Å². The fraction of sp³-hybridized carbons (Fsp3) is 0.190. The predicted molar refractivity (Wildman–Crippen MR) is 105 cm³/mol. The number of carbonyl (C=O) groups is 2. The van der Waals surface area contributed by atoms with E-state index in [1.807, 2.05) is 66.5 Å². The van der Waals surface area contributed by atoms with Crippen molar-refractivity contribution >= 4 is 23.2 Å². The Hall–Kier alpha value is -3.61. The number of hydrogen-bond donors (Lipinski definition) is 2. The van der Waals surface area contributed by atoms with Gasteiger partial charge in [0.1, 0.15) is 11.8 Å². The third-order valence-corrected chi connectivity index (χ3v) is 4.66. The van der Waals surface area contributed by atoms with E-state index in [1.165, 1.54) is 0 Å². The zero-order chi connectivity index (χ0) is 19.5. The Labute approximate surface area is 162 Å². The zero-order valence-electron chi connectivity index (χ0n) is 15.4. The first-order valence-corrected chi connectivity index (χ1v) is 9.01. The van der Waals surface area contributed by atoms with Gasteiger partial charge < -0.3 is 20.1 Å². The lowest BCUT2D eigenvalue weighted by Crippen LogP contribution is -2.48. The van der Waals surface area contributed by atoms with Crippen LogP contribution in [0.3, 0.4) is 0 Å². The lowest BCUT2D eigenvalue weighted by molar-refractivity contribution is -0.117. The summed E-state index contributed by atoms with van der Waals surface area (Å²) in [5, 5.41) is 9.46. The van der Waals surface area contributed by atoms with Crippen molar-refractivity contribution in [2.75, 3.05) is 23.8 Å². The maximum atomic E-state index is 12.6. The summed E-state index contributed by atoms with van der Waals surface area (Å²) in [4.78, 5) is 27.1. The molecule has 1 aromatic heterocycles. The molecule has 3 aromatic rings. The maximum Gasteiger partial charge on any atom is 0.274 e. The summed E-state index contributed by atoms with van der Waals surface area (Å²) in [7, 11) is 1.88. The van der Waals surface area contributed by atoms with Crippen LogP contribution in [0, 0.1) is 0 Å². The van der Waals surface area contributed by atoms with Gasteiger partial charge in [-0.15, -0.1) is 0 Å². The molecule has 0 bridgehead atoms. The molecule has 0 saturated heterocycles. The molecular formula is C21H20N4O3. The van der Waals surface area contributed by atoms with Crippen LogP contribution in [-0.2, 0) is 11.2 Å². The first-order chi connectivity index (χ1) is 13.6. The van der Waals surface area contributed by atoms with Gasteiger partial charge in [-0.1, -0.05) is 47.6 Å². The number of para-hydroxylation sites is 2. The lowest BCUT2D eigenvalue weighted by atomic mass is 10.1. The van der Waals surface area contributed by atoms with Gasteiger partial charge in [-0.25, -0.2) is 0 Å². The molecule has 0 fully saturated rings. The van der Waals surface area contributed by atoms with Crippen LogP contribution in [-0.4, -0.2) is 36.6 Å². The Morgan fingerprint density at radius 3 is 2.79 bits per heavy atom. The van der Waals surface area contributed by atoms with Crippen LogP contribution < -0.4 is 15.5 Å². The minimum Gasteiger partial charge on any atom is -0.370 e.